The van der Waals surface area contributed by atoms with E-state index in [2.05, 4.69) is 56.6 Å². The quantitative estimate of drug-likeness (QED) is 0.504. The van der Waals surface area contributed by atoms with E-state index in [-0.39, 0.29) is 28.4 Å². The van der Waals surface area contributed by atoms with Crippen LogP contribution in [0, 0.1) is 5.82 Å². The van der Waals surface area contributed by atoms with Gasteiger partial charge in [-0.3, -0.25) is 9.40 Å². The largest absolute Gasteiger partial charge is 0.492 e. The summed E-state index contributed by atoms with van der Waals surface area (Å²) in [5.41, 5.74) is 3.02. The first-order valence-electron chi connectivity index (χ1n) is 11.8. The topological polar surface area (TPSA) is 54.4 Å². The van der Waals surface area contributed by atoms with Crippen LogP contribution in [0.15, 0.2) is 59.8 Å². The third-order valence-corrected chi connectivity index (χ3v) is 8.52. The van der Waals surface area contributed by atoms with E-state index in [1.54, 1.807) is 6.07 Å². The van der Waals surface area contributed by atoms with E-state index in [9.17, 15) is 0 Å². The first kappa shape index (κ1) is 23.1. The number of likely N-dealkylation sites (N-methyl/N-ethyl adjacent to an activating group) is 1. The molecule has 3 atom stereocenters. The van der Waals surface area contributed by atoms with Gasteiger partial charge >= 0.3 is 0 Å². The van der Waals surface area contributed by atoms with E-state index in [4.69, 9.17) is 4.74 Å². The van der Waals surface area contributed by atoms with Crippen LogP contribution < -0.4 is 19.7 Å². The number of nitrogens with zero attached hydrogens (tertiary/aromatic N) is 3. The maximum atomic E-state index is 15.1. The summed E-state index contributed by atoms with van der Waals surface area (Å²) in [6.07, 6.45) is 4.83. The highest BCUT2D eigenvalue weighted by molar-refractivity contribution is 8.13. The number of fused-ring (bicyclic) bond motifs is 1. The zero-order valence-corrected chi connectivity index (χ0v) is 20.7. The van der Waals surface area contributed by atoms with E-state index >= 15 is 4.39 Å². The van der Waals surface area contributed by atoms with Crippen molar-refractivity contribution in [1.82, 2.24) is 19.8 Å². The molecule has 2 aromatic carbocycles. The molecule has 0 amide bonds. The van der Waals surface area contributed by atoms with E-state index in [0.29, 0.717) is 24.1 Å². The van der Waals surface area contributed by atoms with Gasteiger partial charge in [0.05, 0.1) is 22.8 Å². The van der Waals surface area contributed by atoms with Crippen molar-refractivity contribution in [3.05, 3.63) is 71.8 Å². The van der Waals surface area contributed by atoms with Crippen LogP contribution in [-0.2, 0) is 13.5 Å². The molecule has 6 nitrogen and oxygen atoms in total. The first-order chi connectivity index (χ1) is 16.6. The maximum Gasteiger partial charge on any atom is 0.150 e. The van der Waals surface area contributed by atoms with Gasteiger partial charge < -0.3 is 15.0 Å². The van der Waals surface area contributed by atoms with Gasteiger partial charge in [-0.05, 0) is 37.4 Å². The Morgan fingerprint density at radius 2 is 2.03 bits per heavy atom. The zero-order chi connectivity index (χ0) is 23.7. The highest BCUT2D eigenvalue weighted by Crippen LogP contribution is 2.41. The van der Waals surface area contributed by atoms with Crippen molar-refractivity contribution >= 4 is 21.7 Å². The fourth-order valence-electron chi connectivity index (χ4n) is 4.85. The lowest BCUT2D eigenvalue weighted by Crippen LogP contribution is -2.57. The van der Waals surface area contributed by atoms with Gasteiger partial charge in [0.25, 0.3) is 0 Å². The van der Waals surface area contributed by atoms with E-state index in [0.717, 1.165) is 25.1 Å². The Labute approximate surface area is 203 Å². The van der Waals surface area contributed by atoms with Crippen LogP contribution in [0.3, 0.4) is 0 Å². The van der Waals surface area contributed by atoms with Gasteiger partial charge in [0.1, 0.15) is 18.2 Å². The maximum absolute atomic E-state index is 15.1. The summed E-state index contributed by atoms with van der Waals surface area (Å²) in [6.45, 7) is 4.15. The molecule has 2 aliphatic heterocycles. The fourth-order valence-corrected chi connectivity index (χ4v) is 6.33. The molecule has 2 N–H and O–H groups in total. The zero-order valence-electron chi connectivity index (χ0n) is 19.9. The Kier molecular flexibility index (Phi) is 6.72. The average Bonchev–Trinajstić information content (AvgIpc) is 3.25. The van der Waals surface area contributed by atoms with Crippen molar-refractivity contribution in [2.75, 3.05) is 31.6 Å². The summed E-state index contributed by atoms with van der Waals surface area (Å²) in [5.74, 6) is 0.672. The SMILES string of the molecule is C/C=S(/NC1CN(c2cc3c(cc2F)OCC(NC)C3Cc2ccccc2)C1)c1cnn(C)c1. The van der Waals surface area contributed by atoms with Crippen molar-refractivity contribution in [2.45, 2.75) is 36.2 Å². The standard InChI is InChI=1S/C26H32FN5OS/c1-4-34(20-13-29-31(3)16-20)30-19-14-32(15-19)25-11-22-21(10-18-8-6-5-7-9-18)24(28-2)17-33-26(22)12-23(25)27/h4-9,11-13,16,19,21,24,28,30H,10,14-15,17H2,1-3H3. The highest BCUT2D eigenvalue weighted by Gasteiger charge is 2.34. The molecule has 0 saturated carbocycles. The molecule has 0 spiro atoms. The van der Waals surface area contributed by atoms with Crippen molar-refractivity contribution in [3.8, 4) is 5.75 Å². The lowest BCUT2D eigenvalue weighted by molar-refractivity contribution is 0.218. The van der Waals surface area contributed by atoms with E-state index in [1.807, 2.05) is 43.3 Å². The van der Waals surface area contributed by atoms with Crippen molar-refractivity contribution in [3.63, 3.8) is 0 Å². The number of anilines is 1. The molecule has 3 unspecified atom stereocenters. The summed E-state index contributed by atoms with van der Waals surface area (Å²) in [6, 6.07) is 14.6. The monoisotopic (exact) mass is 481 g/mol. The average molecular weight is 482 g/mol. The lowest BCUT2D eigenvalue weighted by atomic mass is 9.83. The molecule has 1 fully saturated rings. The van der Waals surface area contributed by atoms with Crippen LogP contribution in [0.4, 0.5) is 10.1 Å². The summed E-state index contributed by atoms with van der Waals surface area (Å²) in [5, 5.41) is 9.86. The molecule has 5 rings (SSSR count). The number of ether oxygens (including phenoxy) is 1. The summed E-state index contributed by atoms with van der Waals surface area (Å²) >= 11 is 0. The molecule has 180 valence electrons. The highest BCUT2D eigenvalue weighted by atomic mass is 32.2. The van der Waals surface area contributed by atoms with E-state index in [1.165, 1.54) is 10.5 Å². The molecule has 0 aliphatic carbocycles. The number of hydrogen-bond donors (Lipinski definition) is 2. The number of nitrogens with one attached hydrogen (secondary N) is 2. The Morgan fingerprint density at radius 1 is 1.24 bits per heavy atom. The van der Waals surface area contributed by atoms with Gasteiger partial charge in [-0.15, -0.1) is 0 Å². The van der Waals surface area contributed by atoms with Crippen LogP contribution in [-0.4, -0.2) is 54.0 Å². The molecule has 34 heavy (non-hydrogen) atoms. The van der Waals surface area contributed by atoms with Crippen LogP contribution >= 0.6 is 10.7 Å². The van der Waals surface area contributed by atoms with Gasteiger partial charge in [-0.25, -0.2) is 4.39 Å². The summed E-state index contributed by atoms with van der Waals surface area (Å²) < 4.78 is 26.6. The molecular formula is C26H32FN5OS. The molecule has 3 aromatic rings. The van der Waals surface area contributed by atoms with Gasteiger partial charge in [-0.1, -0.05) is 41.0 Å². The number of rotatable bonds is 7. The molecule has 1 saturated heterocycles. The Balaban J connectivity index is 1.33. The minimum atomic E-state index is -0.216. The minimum absolute atomic E-state index is 0.173. The van der Waals surface area contributed by atoms with Crippen molar-refractivity contribution < 1.29 is 9.13 Å². The van der Waals surface area contributed by atoms with Crippen LogP contribution in [0.1, 0.15) is 24.0 Å². The predicted molar refractivity (Wildman–Crippen MR) is 138 cm³/mol. The Bertz CT molecular complexity index is 1180. The van der Waals surface area contributed by atoms with Crippen LogP contribution in [0.25, 0.3) is 0 Å². The Hall–Kier alpha value is -2.68. The molecule has 8 heteroatoms. The second-order valence-corrected chi connectivity index (χ2v) is 10.8. The lowest BCUT2D eigenvalue weighted by Gasteiger charge is -2.43. The van der Waals surface area contributed by atoms with Gasteiger partial charge in [0.2, 0.25) is 0 Å². The van der Waals surface area contributed by atoms with Gasteiger partial charge in [-0.2, -0.15) is 5.10 Å². The van der Waals surface area contributed by atoms with Crippen molar-refractivity contribution in [2.24, 2.45) is 7.05 Å². The number of aromatic nitrogens is 2. The predicted octanol–water partition coefficient (Wildman–Crippen LogP) is 3.71. The summed E-state index contributed by atoms with van der Waals surface area (Å²) in [7, 11) is 3.73. The second-order valence-electron chi connectivity index (χ2n) is 8.99. The summed E-state index contributed by atoms with van der Waals surface area (Å²) in [4.78, 5) is 3.29. The van der Waals surface area contributed by atoms with E-state index < -0.39 is 0 Å². The Morgan fingerprint density at radius 3 is 2.71 bits per heavy atom. The number of hydrogen-bond acceptors (Lipinski definition) is 5. The second kappa shape index (κ2) is 9.90. The molecule has 3 heterocycles. The fraction of sp³-hybridized carbons (Fsp3) is 0.385. The molecule has 1 aromatic heterocycles. The number of benzene rings is 2. The first-order valence-corrected chi connectivity index (χ1v) is 13.0. The molecule has 0 bridgehead atoms. The van der Waals surface area contributed by atoms with Gasteiger partial charge in [0.15, 0.2) is 0 Å². The van der Waals surface area contributed by atoms with Crippen LogP contribution in [0.5, 0.6) is 5.75 Å². The molecule has 0 radical (unpaired) electrons. The molecular weight excluding hydrogens is 449 g/mol. The van der Waals surface area contributed by atoms with Crippen molar-refractivity contribution in [1.29, 1.82) is 0 Å². The minimum Gasteiger partial charge on any atom is -0.492 e. The number of aryl methyl sites for hydroxylation is 1. The molecule has 2 aliphatic rings. The number of halogens is 1. The third-order valence-electron chi connectivity index (χ3n) is 6.74. The third kappa shape index (κ3) is 4.62. The smallest absolute Gasteiger partial charge is 0.150 e. The van der Waals surface area contributed by atoms with Crippen LogP contribution in [0.2, 0.25) is 0 Å². The van der Waals surface area contributed by atoms with Gasteiger partial charge in [0, 0.05) is 49.9 Å². The normalized spacial score (nSPS) is 21.1.